The predicted molar refractivity (Wildman–Crippen MR) is 61.9 cm³/mol. The second kappa shape index (κ2) is 8.41. The fraction of sp³-hybridized carbons (Fsp3) is 0.300. The van der Waals surface area contributed by atoms with Crippen molar-refractivity contribution in [2.24, 2.45) is 0 Å². The molecule has 0 atom stereocenters. The molecule has 1 rings (SSSR count). The molecule has 0 unspecified atom stereocenters. The van der Waals surface area contributed by atoms with Crippen LogP contribution < -0.4 is 4.74 Å². The topological polar surface area (TPSA) is 9.23 Å². The maximum Gasteiger partial charge on any atom is -0.147 e. The van der Waals surface area contributed by atoms with Gasteiger partial charge in [0.25, 0.3) is 0 Å². The number of ether oxygens (including phenoxy) is 1. The smallest absolute Gasteiger partial charge is 0.147 e. The number of hydrogen-bond acceptors (Lipinski definition) is 1. The molecule has 1 aromatic carbocycles. The van der Waals surface area contributed by atoms with Crippen LogP contribution in [0.5, 0.6) is 5.75 Å². The summed E-state index contributed by atoms with van der Waals surface area (Å²) < 4.78 is 7.58. The normalized spacial score (nSPS) is 8.57. The second-order valence-corrected chi connectivity index (χ2v) is 3.31. The zero-order valence-electron chi connectivity index (χ0n) is 8.04. The predicted octanol–water partition coefficient (Wildman–Crippen LogP) is 3.01. The Morgan fingerprint density at radius 2 is 1.79 bits per heavy atom. The Balaban J connectivity index is 0. The number of halogens is 2. The fourth-order valence-electron chi connectivity index (χ4n) is 0.926. The van der Waals surface area contributed by atoms with Gasteiger partial charge in [-0.25, -0.2) is 0 Å². The Kier molecular flexibility index (Phi) is 9.92. The fourth-order valence-corrected chi connectivity index (χ4v) is 1.34. The third-order valence-electron chi connectivity index (χ3n) is 1.39. The molecular formula is C10H14Cl2ORu. The summed E-state index contributed by atoms with van der Waals surface area (Å²) in [6.07, 6.45) is 0.234. The van der Waals surface area contributed by atoms with Crippen LogP contribution in [0.1, 0.15) is 19.4 Å². The largest absolute Gasteiger partial charge is 0.147 e. The van der Waals surface area contributed by atoms with E-state index < -0.39 is 0 Å². The van der Waals surface area contributed by atoms with Crippen LogP contribution in [0.2, 0.25) is 0 Å². The zero-order valence-corrected chi connectivity index (χ0v) is 11.4. The molecular weight excluding hydrogens is 308 g/mol. The number of para-hydroxylation sites is 1. The van der Waals surface area contributed by atoms with Gasteiger partial charge in [0, 0.05) is 0 Å². The molecule has 0 saturated carbocycles. The van der Waals surface area contributed by atoms with E-state index in [-0.39, 0.29) is 30.9 Å². The molecule has 0 spiro atoms. The van der Waals surface area contributed by atoms with Crippen molar-refractivity contribution in [3.8, 4) is 5.75 Å². The summed E-state index contributed by atoms with van der Waals surface area (Å²) in [7, 11) is 0. The molecule has 0 radical (unpaired) electrons. The molecule has 0 aromatic heterocycles. The molecule has 0 amide bonds. The van der Waals surface area contributed by atoms with Crippen molar-refractivity contribution in [2.75, 3.05) is 0 Å². The molecule has 1 nitrogen and oxygen atoms in total. The summed E-state index contributed by atoms with van der Waals surface area (Å²) in [4.78, 5) is 0. The first-order valence-corrected chi connectivity index (χ1v) is 4.92. The SMILES string of the molecule is CC(C)Oc1ccccc1[CH]=[Ru].Cl.Cl. The second-order valence-electron chi connectivity index (χ2n) is 2.81. The van der Waals surface area contributed by atoms with E-state index in [1.54, 1.807) is 0 Å². The van der Waals surface area contributed by atoms with Crippen LogP contribution in [0.15, 0.2) is 24.3 Å². The van der Waals surface area contributed by atoms with Crippen LogP contribution in [0.4, 0.5) is 0 Å². The Hall–Kier alpha value is 0.0934. The third-order valence-corrected chi connectivity index (χ3v) is 1.93. The quantitative estimate of drug-likeness (QED) is 0.778. The van der Waals surface area contributed by atoms with Crippen LogP contribution >= 0.6 is 24.8 Å². The molecule has 0 aliphatic carbocycles. The van der Waals surface area contributed by atoms with E-state index in [1.807, 2.05) is 42.7 Å². The molecule has 14 heavy (non-hydrogen) atoms. The Labute approximate surface area is 107 Å². The van der Waals surface area contributed by atoms with Gasteiger partial charge in [-0.1, -0.05) is 0 Å². The Bertz CT molecular complexity index is 277. The van der Waals surface area contributed by atoms with Crippen LogP contribution in [0.25, 0.3) is 0 Å². The number of benzene rings is 1. The zero-order chi connectivity index (χ0) is 8.97. The summed E-state index contributed by atoms with van der Waals surface area (Å²) in [6.45, 7) is 4.06. The van der Waals surface area contributed by atoms with Crippen molar-refractivity contribution in [3.05, 3.63) is 29.8 Å². The van der Waals surface area contributed by atoms with Crippen molar-refractivity contribution in [1.29, 1.82) is 0 Å². The first kappa shape index (κ1) is 16.5. The molecule has 0 saturated heterocycles. The summed E-state index contributed by atoms with van der Waals surface area (Å²) in [6, 6.07) is 8.01. The van der Waals surface area contributed by atoms with Gasteiger partial charge in [-0.2, -0.15) is 0 Å². The van der Waals surface area contributed by atoms with Gasteiger partial charge in [-0.15, -0.1) is 24.8 Å². The standard InChI is InChI=1S/C10H12O.2ClH.Ru/c1-8(2)11-10-7-5-4-6-9(10)3;;;/h3-8H,1-2H3;2*1H;. The van der Waals surface area contributed by atoms with E-state index in [1.165, 1.54) is 0 Å². The van der Waals surface area contributed by atoms with Crippen molar-refractivity contribution >= 4 is 29.4 Å². The average molecular weight is 322 g/mol. The Morgan fingerprint density at radius 3 is 2.29 bits per heavy atom. The minimum atomic E-state index is 0. The number of rotatable bonds is 3. The van der Waals surface area contributed by atoms with Gasteiger partial charge in [0.1, 0.15) is 0 Å². The van der Waals surface area contributed by atoms with Gasteiger partial charge < -0.3 is 0 Å². The van der Waals surface area contributed by atoms with E-state index in [9.17, 15) is 0 Å². The minimum Gasteiger partial charge on any atom is -0.147 e. The van der Waals surface area contributed by atoms with E-state index in [4.69, 9.17) is 4.74 Å². The van der Waals surface area contributed by atoms with E-state index in [2.05, 4.69) is 17.9 Å². The van der Waals surface area contributed by atoms with Crippen molar-refractivity contribution < 1.29 is 22.6 Å². The average Bonchev–Trinajstić information content (AvgIpc) is 2.04. The van der Waals surface area contributed by atoms with Crippen LogP contribution in [0.3, 0.4) is 0 Å². The van der Waals surface area contributed by atoms with Gasteiger partial charge in [0.05, 0.1) is 0 Å². The van der Waals surface area contributed by atoms with Crippen LogP contribution in [0, 0.1) is 0 Å². The van der Waals surface area contributed by atoms with Crippen LogP contribution in [-0.2, 0) is 17.9 Å². The first-order chi connectivity index (χ1) is 5.74. The molecule has 0 bridgehead atoms. The molecule has 1 aromatic rings. The van der Waals surface area contributed by atoms with Crippen molar-refractivity contribution in [3.63, 3.8) is 0 Å². The van der Waals surface area contributed by atoms with E-state index >= 15 is 0 Å². The minimum absolute atomic E-state index is 0. The monoisotopic (exact) mass is 322 g/mol. The van der Waals surface area contributed by atoms with Gasteiger partial charge in [-0.05, 0) is 0 Å². The molecule has 82 valence electrons. The van der Waals surface area contributed by atoms with E-state index in [0.29, 0.717) is 0 Å². The molecule has 0 aliphatic heterocycles. The van der Waals surface area contributed by atoms with Gasteiger partial charge in [0.15, 0.2) is 0 Å². The molecule has 0 N–H and O–H groups in total. The molecule has 4 heteroatoms. The van der Waals surface area contributed by atoms with Gasteiger partial charge in [0.2, 0.25) is 0 Å². The first-order valence-electron chi connectivity index (χ1n) is 3.91. The van der Waals surface area contributed by atoms with Crippen molar-refractivity contribution in [2.45, 2.75) is 20.0 Å². The molecule has 0 fully saturated rings. The summed E-state index contributed by atoms with van der Waals surface area (Å²) in [5, 5.41) is 0. The maximum absolute atomic E-state index is 5.59. The number of hydrogen-bond donors (Lipinski definition) is 0. The van der Waals surface area contributed by atoms with Gasteiger partial charge >= 0.3 is 82.7 Å². The summed E-state index contributed by atoms with van der Waals surface area (Å²) >= 11 is 2.49. The molecule has 0 heterocycles. The maximum atomic E-state index is 5.59. The summed E-state index contributed by atoms with van der Waals surface area (Å²) in [5.74, 6) is 0.950. The van der Waals surface area contributed by atoms with E-state index in [0.717, 1.165) is 11.3 Å². The molecule has 0 aliphatic rings. The third kappa shape index (κ3) is 5.09. The van der Waals surface area contributed by atoms with Crippen molar-refractivity contribution in [1.82, 2.24) is 0 Å². The van der Waals surface area contributed by atoms with Crippen LogP contribution in [-0.4, -0.2) is 10.7 Å². The summed E-state index contributed by atoms with van der Waals surface area (Å²) in [5.41, 5.74) is 1.13. The van der Waals surface area contributed by atoms with Gasteiger partial charge in [-0.3, -0.25) is 0 Å². The Morgan fingerprint density at radius 1 is 1.21 bits per heavy atom.